The van der Waals surface area contributed by atoms with Crippen LogP contribution < -0.4 is 16.0 Å². The summed E-state index contributed by atoms with van der Waals surface area (Å²) in [5.74, 6) is -0.158. The Morgan fingerprint density at radius 2 is 2.00 bits per heavy atom. The largest absolute Gasteiger partial charge is 0.459 e. The fourth-order valence-electron chi connectivity index (χ4n) is 2.53. The fraction of sp³-hybridized carbons (Fsp3) is 0.294. The van der Waals surface area contributed by atoms with E-state index in [1.165, 1.54) is 17.4 Å². The smallest absolute Gasteiger partial charge is 0.286 e. The van der Waals surface area contributed by atoms with Crippen molar-refractivity contribution in [2.75, 3.05) is 6.54 Å². The Labute approximate surface area is 134 Å². The van der Waals surface area contributed by atoms with Crippen molar-refractivity contribution in [3.63, 3.8) is 0 Å². The van der Waals surface area contributed by atoms with Crippen molar-refractivity contribution >= 4 is 11.8 Å². The molecule has 0 radical (unpaired) electrons. The van der Waals surface area contributed by atoms with Crippen LogP contribution >= 0.6 is 0 Å². The maximum Gasteiger partial charge on any atom is 0.286 e. The van der Waals surface area contributed by atoms with Gasteiger partial charge in [0.05, 0.1) is 6.26 Å². The molecule has 6 heteroatoms. The minimum absolute atomic E-state index is 0.0941. The number of amides is 2. The van der Waals surface area contributed by atoms with E-state index in [4.69, 9.17) is 4.42 Å². The van der Waals surface area contributed by atoms with Crippen molar-refractivity contribution in [3.8, 4) is 0 Å². The number of fused-ring (bicyclic) bond motifs is 1. The summed E-state index contributed by atoms with van der Waals surface area (Å²) in [7, 11) is 0. The zero-order valence-electron chi connectivity index (χ0n) is 12.7. The van der Waals surface area contributed by atoms with Gasteiger partial charge in [-0.1, -0.05) is 18.2 Å². The molecule has 2 aromatic rings. The molecule has 0 saturated heterocycles. The summed E-state index contributed by atoms with van der Waals surface area (Å²) in [6.07, 6.45) is 1.67. The van der Waals surface area contributed by atoms with Gasteiger partial charge in [-0.05, 0) is 28.8 Å². The highest BCUT2D eigenvalue weighted by Gasteiger charge is 2.11. The Morgan fingerprint density at radius 3 is 2.83 bits per heavy atom. The molecule has 0 unspecified atom stereocenters. The van der Waals surface area contributed by atoms with E-state index in [0.717, 1.165) is 18.7 Å². The van der Waals surface area contributed by atoms with Gasteiger partial charge >= 0.3 is 0 Å². The van der Waals surface area contributed by atoms with E-state index in [1.54, 1.807) is 12.1 Å². The highest BCUT2D eigenvalue weighted by molar-refractivity contribution is 5.91. The first kappa shape index (κ1) is 15.3. The van der Waals surface area contributed by atoms with Crippen LogP contribution in [-0.2, 0) is 24.4 Å². The summed E-state index contributed by atoms with van der Waals surface area (Å²) >= 11 is 0. The first-order valence-electron chi connectivity index (χ1n) is 7.62. The van der Waals surface area contributed by atoms with E-state index in [0.29, 0.717) is 6.54 Å². The Balaban J connectivity index is 1.39. The number of nitrogens with one attached hydrogen (secondary N) is 3. The average molecular weight is 313 g/mol. The van der Waals surface area contributed by atoms with Crippen LogP contribution in [0.5, 0.6) is 0 Å². The van der Waals surface area contributed by atoms with Gasteiger partial charge in [0.25, 0.3) is 5.91 Å². The third kappa shape index (κ3) is 3.98. The minimum Gasteiger partial charge on any atom is -0.459 e. The summed E-state index contributed by atoms with van der Waals surface area (Å²) in [4.78, 5) is 23.5. The van der Waals surface area contributed by atoms with Crippen molar-refractivity contribution in [1.29, 1.82) is 0 Å². The average Bonchev–Trinajstić information content (AvgIpc) is 3.23. The number of hydrogen-bond acceptors (Lipinski definition) is 4. The van der Waals surface area contributed by atoms with Crippen LogP contribution in [0.3, 0.4) is 0 Å². The summed E-state index contributed by atoms with van der Waals surface area (Å²) < 4.78 is 4.98. The van der Waals surface area contributed by atoms with Crippen LogP contribution in [0, 0.1) is 0 Å². The number of benzene rings is 1. The van der Waals surface area contributed by atoms with Crippen molar-refractivity contribution in [3.05, 3.63) is 59.0 Å². The monoisotopic (exact) mass is 313 g/mol. The quantitative estimate of drug-likeness (QED) is 0.751. The topological polar surface area (TPSA) is 83.4 Å². The maximum atomic E-state index is 11.8. The zero-order chi connectivity index (χ0) is 16.1. The maximum absolute atomic E-state index is 11.8. The van der Waals surface area contributed by atoms with Crippen LogP contribution in [0.2, 0.25) is 0 Å². The summed E-state index contributed by atoms with van der Waals surface area (Å²) in [5, 5.41) is 8.81. The predicted octanol–water partition coefficient (Wildman–Crippen LogP) is 1.32. The lowest BCUT2D eigenvalue weighted by Crippen LogP contribution is -2.30. The fourth-order valence-corrected chi connectivity index (χ4v) is 2.53. The molecule has 23 heavy (non-hydrogen) atoms. The van der Waals surface area contributed by atoms with Gasteiger partial charge in [-0.25, -0.2) is 0 Å². The van der Waals surface area contributed by atoms with Crippen molar-refractivity contribution < 1.29 is 14.0 Å². The van der Waals surface area contributed by atoms with E-state index in [2.05, 4.69) is 28.1 Å². The highest BCUT2D eigenvalue weighted by atomic mass is 16.3. The van der Waals surface area contributed by atoms with Crippen LogP contribution in [0.25, 0.3) is 0 Å². The van der Waals surface area contributed by atoms with Crippen molar-refractivity contribution in [1.82, 2.24) is 16.0 Å². The normalized spacial score (nSPS) is 12.7. The third-order valence-electron chi connectivity index (χ3n) is 3.77. The Kier molecular flexibility index (Phi) is 4.73. The standard InChI is InChI=1S/C17H19N3O3/c21-16(5-6-19-17(22)15-2-1-7-23-15)20-9-12-3-4-13-10-18-11-14(13)8-12/h1-4,7-8,18H,5-6,9-11H2,(H,19,22)(H,20,21). The van der Waals surface area contributed by atoms with E-state index < -0.39 is 0 Å². The van der Waals surface area contributed by atoms with Crippen LogP contribution in [0.15, 0.2) is 41.0 Å². The molecule has 0 fully saturated rings. The first-order valence-corrected chi connectivity index (χ1v) is 7.62. The molecule has 2 amide bonds. The number of furan rings is 1. The molecule has 3 N–H and O–H groups in total. The molecule has 0 aliphatic carbocycles. The van der Waals surface area contributed by atoms with Crippen LogP contribution in [-0.4, -0.2) is 18.4 Å². The molecule has 1 aromatic carbocycles. The number of rotatable bonds is 6. The van der Waals surface area contributed by atoms with Gasteiger partial charge in [0.1, 0.15) is 0 Å². The first-order chi connectivity index (χ1) is 11.2. The molecular formula is C17H19N3O3. The van der Waals surface area contributed by atoms with Gasteiger partial charge in [-0.2, -0.15) is 0 Å². The van der Waals surface area contributed by atoms with E-state index in [9.17, 15) is 9.59 Å². The van der Waals surface area contributed by atoms with Crippen molar-refractivity contribution in [2.24, 2.45) is 0 Å². The molecule has 120 valence electrons. The number of carbonyl (C=O) groups is 2. The highest BCUT2D eigenvalue weighted by Crippen LogP contribution is 2.16. The second-order valence-corrected chi connectivity index (χ2v) is 5.47. The van der Waals surface area contributed by atoms with Gasteiger partial charge in [-0.3, -0.25) is 9.59 Å². The van der Waals surface area contributed by atoms with Gasteiger partial charge in [0.15, 0.2) is 5.76 Å². The Morgan fingerprint density at radius 1 is 1.13 bits per heavy atom. The molecule has 1 aromatic heterocycles. The van der Waals surface area contributed by atoms with Gasteiger partial charge in [0, 0.05) is 32.6 Å². The molecule has 3 rings (SSSR count). The van der Waals surface area contributed by atoms with Gasteiger partial charge in [-0.15, -0.1) is 0 Å². The lowest BCUT2D eigenvalue weighted by atomic mass is 10.1. The second kappa shape index (κ2) is 7.11. The lowest BCUT2D eigenvalue weighted by molar-refractivity contribution is -0.121. The molecule has 1 aliphatic rings. The molecule has 0 atom stereocenters. The van der Waals surface area contributed by atoms with Crippen LogP contribution in [0.1, 0.15) is 33.7 Å². The molecule has 0 spiro atoms. The molecule has 0 bridgehead atoms. The Hall–Kier alpha value is -2.60. The molecular weight excluding hydrogens is 294 g/mol. The molecule has 1 aliphatic heterocycles. The van der Waals surface area contributed by atoms with Crippen LogP contribution in [0.4, 0.5) is 0 Å². The molecule has 6 nitrogen and oxygen atoms in total. The zero-order valence-corrected chi connectivity index (χ0v) is 12.7. The predicted molar refractivity (Wildman–Crippen MR) is 84.5 cm³/mol. The van der Waals surface area contributed by atoms with Gasteiger partial charge < -0.3 is 20.4 Å². The molecule has 0 saturated carbocycles. The SMILES string of the molecule is O=C(CCNC(=O)c1ccco1)NCc1ccc2c(c1)CNC2. The Bertz CT molecular complexity index is 695. The second-order valence-electron chi connectivity index (χ2n) is 5.47. The summed E-state index contributed by atoms with van der Waals surface area (Å²) in [6, 6.07) is 9.48. The number of carbonyl (C=O) groups excluding carboxylic acids is 2. The van der Waals surface area contributed by atoms with Crippen molar-refractivity contribution in [2.45, 2.75) is 26.1 Å². The van der Waals surface area contributed by atoms with E-state index >= 15 is 0 Å². The van der Waals surface area contributed by atoms with E-state index in [1.807, 2.05) is 6.07 Å². The minimum atomic E-state index is -0.311. The third-order valence-corrected chi connectivity index (χ3v) is 3.77. The lowest BCUT2D eigenvalue weighted by Gasteiger charge is -2.07. The van der Waals surface area contributed by atoms with Gasteiger partial charge in [0.2, 0.25) is 5.91 Å². The molecule has 2 heterocycles. The summed E-state index contributed by atoms with van der Waals surface area (Å²) in [6.45, 7) is 2.57. The summed E-state index contributed by atoms with van der Waals surface area (Å²) in [5.41, 5.74) is 3.70. The number of hydrogen-bond donors (Lipinski definition) is 3. The van der Waals surface area contributed by atoms with E-state index in [-0.39, 0.29) is 30.5 Å².